The van der Waals surface area contributed by atoms with Gasteiger partial charge in [-0.25, -0.2) is 4.79 Å². The first-order chi connectivity index (χ1) is 12.5. The summed E-state index contributed by atoms with van der Waals surface area (Å²) in [5.74, 6) is -1.21. The van der Waals surface area contributed by atoms with Gasteiger partial charge in [-0.15, -0.1) is 0 Å². The molecule has 3 rings (SSSR count). The second-order valence-corrected chi connectivity index (χ2v) is 6.52. The van der Waals surface area contributed by atoms with Gasteiger partial charge in [0.05, 0.1) is 0 Å². The quantitative estimate of drug-likeness (QED) is 0.548. The number of carboxylic acid groups (broad SMARTS) is 1. The second-order valence-electron chi connectivity index (χ2n) is 6.52. The standard InChI is InChI=1S/C22H20N2O2/c1-15-9-16(2)11-17(10-15)7-8-24-14-19(12-18(13-23)22(25)26)20-5-3-4-6-21(20)24/h3-6,9-12,14H,7-8H2,1-2H3,(H,25,26)/b18-12+. The number of carbonyl (C=O) groups is 1. The average molecular weight is 344 g/mol. The number of aliphatic carboxylic acids is 1. The van der Waals surface area contributed by atoms with Crippen molar-refractivity contribution in [2.24, 2.45) is 0 Å². The Kier molecular flexibility index (Phi) is 4.90. The molecular formula is C22H20N2O2. The Morgan fingerprint density at radius 3 is 2.54 bits per heavy atom. The Morgan fingerprint density at radius 2 is 1.88 bits per heavy atom. The Morgan fingerprint density at radius 1 is 1.19 bits per heavy atom. The molecule has 1 N–H and O–H groups in total. The first-order valence-corrected chi connectivity index (χ1v) is 8.48. The van der Waals surface area contributed by atoms with Gasteiger partial charge < -0.3 is 9.67 Å². The van der Waals surface area contributed by atoms with Crippen molar-refractivity contribution in [3.8, 4) is 6.07 Å². The van der Waals surface area contributed by atoms with E-state index in [0.717, 1.165) is 29.4 Å². The van der Waals surface area contributed by atoms with Crippen LogP contribution in [0.3, 0.4) is 0 Å². The fourth-order valence-corrected chi connectivity index (χ4v) is 3.34. The third-order valence-corrected chi connectivity index (χ3v) is 4.39. The number of benzene rings is 2. The summed E-state index contributed by atoms with van der Waals surface area (Å²) in [7, 11) is 0. The summed E-state index contributed by atoms with van der Waals surface area (Å²) in [6.45, 7) is 4.98. The maximum absolute atomic E-state index is 11.2. The van der Waals surface area contributed by atoms with Gasteiger partial charge in [-0.3, -0.25) is 0 Å². The Labute approximate surface area is 152 Å². The van der Waals surface area contributed by atoms with E-state index in [4.69, 9.17) is 10.4 Å². The smallest absolute Gasteiger partial charge is 0.346 e. The predicted molar refractivity (Wildman–Crippen MR) is 103 cm³/mol. The zero-order chi connectivity index (χ0) is 18.7. The Balaban J connectivity index is 1.97. The van der Waals surface area contributed by atoms with Crippen molar-refractivity contribution in [2.45, 2.75) is 26.8 Å². The highest BCUT2D eigenvalue weighted by molar-refractivity contribution is 6.00. The van der Waals surface area contributed by atoms with Crippen molar-refractivity contribution in [2.75, 3.05) is 0 Å². The third-order valence-electron chi connectivity index (χ3n) is 4.39. The summed E-state index contributed by atoms with van der Waals surface area (Å²) in [5, 5.41) is 19.1. The average Bonchev–Trinajstić information content (AvgIpc) is 2.94. The van der Waals surface area contributed by atoms with Crippen molar-refractivity contribution in [3.63, 3.8) is 0 Å². The second kappa shape index (κ2) is 7.28. The van der Waals surface area contributed by atoms with Gasteiger partial charge in [0.15, 0.2) is 0 Å². The molecule has 0 bridgehead atoms. The highest BCUT2D eigenvalue weighted by atomic mass is 16.4. The van der Waals surface area contributed by atoms with Crippen LogP contribution in [0.25, 0.3) is 17.0 Å². The Bertz CT molecular complexity index is 1030. The molecule has 0 aliphatic heterocycles. The third kappa shape index (κ3) is 3.68. The molecule has 4 nitrogen and oxygen atoms in total. The van der Waals surface area contributed by atoms with E-state index < -0.39 is 5.97 Å². The maximum atomic E-state index is 11.2. The van der Waals surface area contributed by atoms with Crippen LogP contribution >= 0.6 is 0 Å². The monoisotopic (exact) mass is 344 g/mol. The molecule has 1 heterocycles. The van der Waals surface area contributed by atoms with Crippen LogP contribution in [0.15, 0.2) is 54.2 Å². The minimum atomic E-state index is -1.21. The molecule has 0 spiro atoms. The van der Waals surface area contributed by atoms with E-state index in [-0.39, 0.29) is 5.57 Å². The Hall–Kier alpha value is -3.32. The lowest BCUT2D eigenvalue weighted by molar-refractivity contribution is -0.132. The first kappa shape index (κ1) is 17.5. The minimum absolute atomic E-state index is 0.262. The summed E-state index contributed by atoms with van der Waals surface area (Å²) in [6, 6.07) is 16.1. The number of carboxylic acids is 1. The molecule has 3 aromatic rings. The van der Waals surface area contributed by atoms with Crippen LogP contribution < -0.4 is 0 Å². The van der Waals surface area contributed by atoms with Crippen LogP contribution in [0.5, 0.6) is 0 Å². The molecule has 0 saturated heterocycles. The van der Waals surface area contributed by atoms with Gasteiger partial charge in [0, 0.05) is 29.2 Å². The summed E-state index contributed by atoms with van der Waals surface area (Å²) in [4.78, 5) is 11.2. The summed E-state index contributed by atoms with van der Waals surface area (Å²) in [6.07, 6.45) is 4.25. The van der Waals surface area contributed by atoms with E-state index in [0.29, 0.717) is 0 Å². The van der Waals surface area contributed by atoms with Gasteiger partial charge in [0.1, 0.15) is 11.6 Å². The molecule has 0 radical (unpaired) electrons. The van der Waals surface area contributed by atoms with Crippen LogP contribution in [0.1, 0.15) is 22.3 Å². The number of aromatic nitrogens is 1. The number of nitriles is 1. The zero-order valence-corrected chi connectivity index (χ0v) is 14.9. The van der Waals surface area contributed by atoms with Gasteiger partial charge in [-0.1, -0.05) is 47.5 Å². The molecule has 0 aliphatic carbocycles. The molecule has 0 amide bonds. The van der Waals surface area contributed by atoms with Crippen LogP contribution in [0.4, 0.5) is 0 Å². The highest BCUT2D eigenvalue weighted by Gasteiger charge is 2.11. The largest absolute Gasteiger partial charge is 0.477 e. The van der Waals surface area contributed by atoms with E-state index in [1.54, 1.807) is 6.07 Å². The SMILES string of the molecule is Cc1cc(C)cc(CCn2cc(/C=C(\C#N)C(=O)O)c3ccccc32)c1. The summed E-state index contributed by atoms with van der Waals surface area (Å²) >= 11 is 0. The van der Waals surface area contributed by atoms with Gasteiger partial charge in [0.2, 0.25) is 0 Å². The molecule has 0 fully saturated rings. The van der Waals surface area contributed by atoms with Crippen molar-refractivity contribution in [1.82, 2.24) is 4.57 Å². The molecule has 1 aromatic heterocycles. The molecule has 0 atom stereocenters. The van der Waals surface area contributed by atoms with E-state index in [1.807, 2.05) is 30.5 Å². The molecule has 2 aromatic carbocycles. The molecule has 4 heteroatoms. The number of nitrogens with zero attached hydrogens (tertiary/aromatic N) is 2. The van der Waals surface area contributed by atoms with Crippen molar-refractivity contribution in [3.05, 3.63) is 76.5 Å². The number of hydrogen-bond donors (Lipinski definition) is 1. The number of hydrogen-bond acceptors (Lipinski definition) is 2. The van der Waals surface area contributed by atoms with Gasteiger partial charge in [-0.2, -0.15) is 5.26 Å². The summed E-state index contributed by atoms with van der Waals surface area (Å²) in [5.41, 5.74) is 5.30. The van der Waals surface area contributed by atoms with Crippen molar-refractivity contribution >= 4 is 22.9 Å². The van der Waals surface area contributed by atoms with E-state index in [9.17, 15) is 4.79 Å². The van der Waals surface area contributed by atoms with Gasteiger partial charge in [0.25, 0.3) is 0 Å². The highest BCUT2D eigenvalue weighted by Crippen LogP contribution is 2.24. The zero-order valence-electron chi connectivity index (χ0n) is 14.9. The topological polar surface area (TPSA) is 66.0 Å². The minimum Gasteiger partial charge on any atom is -0.477 e. The van der Waals surface area contributed by atoms with Gasteiger partial charge in [-0.05, 0) is 38.0 Å². The number of rotatable bonds is 5. The van der Waals surface area contributed by atoms with Crippen molar-refractivity contribution in [1.29, 1.82) is 5.26 Å². The van der Waals surface area contributed by atoms with Crippen LogP contribution in [0, 0.1) is 25.2 Å². The fraction of sp³-hybridized carbons (Fsp3) is 0.182. The van der Waals surface area contributed by atoms with E-state index >= 15 is 0 Å². The first-order valence-electron chi connectivity index (χ1n) is 8.48. The van der Waals surface area contributed by atoms with Crippen molar-refractivity contribution < 1.29 is 9.90 Å². The lowest BCUT2D eigenvalue weighted by Crippen LogP contribution is -2.00. The van der Waals surface area contributed by atoms with Crippen LogP contribution in [-0.2, 0) is 17.8 Å². The molecule has 0 unspecified atom stereocenters. The van der Waals surface area contributed by atoms with Crippen LogP contribution in [-0.4, -0.2) is 15.6 Å². The molecular weight excluding hydrogens is 324 g/mol. The lowest BCUT2D eigenvalue weighted by Gasteiger charge is -2.07. The molecule has 26 heavy (non-hydrogen) atoms. The number of aryl methyl sites for hydroxylation is 4. The van der Waals surface area contributed by atoms with E-state index in [1.165, 1.54) is 22.8 Å². The normalized spacial score (nSPS) is 11.5. The number of para-hydroxylation sites is 1. The van der Waals surface area contributed by atoms with Gasteiger partial charge >= 0.3 is 5.97 Å². The molecule has 130 valence electrons. The van der Waals surface area contributed by atoms with Crippen LogP contribution in [0.2, 0.25) is 0 Å². The number of fused-ring (bicyclic) bond motifs is 1. The lowest BCUT2D eigenvalue weighted by atomic mass is 10.1. The summed E-state index contributed by atoms with van der Waals surface area (Å²) < 4.78 is 2.12. The maximum Gasteiger partial charge on any atom is 0.346 e. The predicted octanol–water partition coefficient (Wildman–Crippen LogP) is 4.49. The fourth-order valence-electron chi connectivity index (χ4n) is 3.34. The molecule has 0 aliphatic rings. The molecule has 0 saturated carbocycles. The van der Waals surface area contributed by atoms with E-state index in [2.05, 4.69) is 36.6 Å².